The number of halogens is 1. The maximum absolute atomic E-state index is 6.28. The third kappa shape index (κ3) is 3.31. The number of nitrogens with zero attached hydrogens (tertiary/aromatic N) is 2. The van der Waals surface area contributed by atoms with Gasteiger partial charge in [0.25, 0.3) is 0 Å². The van der Waals surface area contributed by atoms with Gasteiger partial charge in [-0.05, 0) is 38.1 Å². The molecule has 116 valence electrons. The maximum atomic E-state index is 6.28. The summed E-state index contributed by atoms with van der Waals surface area (Å²) in [6, 6.07) is 8.10. The summed E-state index contributed by atoms with van der Waals surface area (Å²) in [5, 5.41) is 7.25. The number of hydrogen-bond donors (Lipinski definition) is 2. The van der Waals surface area contributed by atoms with E-state index in [1.807, 2.05) is 24.3 Å². The van der Waals surface area contributed by atoms with Crippen molar-refractivity contribution in [2.45, 2.75) is 18.9 Å². The van der Waals surface area contributed by atoms with Crippen LogP contribution in [0.25, 0.3) is 11.3 Å². The Hall–Kier alpha value is -1.85. The fraction of sp³-hybridized carbons (Fsp3) is 0.375. The van der Waals surface area contributed by atoms with Crippen molar-refractivity contribution in [3.8, 4) is 17.0 Å². The van der Waals surface area contributed by atoms with Crippen molar-refractivity contribution < 1.29 is 4.74 Å². The van der Waals surface area contributed by atoms with Gasteiger partial charge in [0.15, 0.2) is 0 Å². The van der Waals surface area contributed by atoms with E-state index >= 15 is 0 Å². The predicted octanol–water partition coefficient (Wildman–Crippen LogP) is 2.97. The van der Waals surface area contributed by atoms with Crippen LogP contribution in [-0.4, -0.2) is 36.2 Å². The van der Waals surface area contributed by atoms with E-state index in [4.69, 9.17) is 16.3 Å². The van der Waals surface area contributed by atoms with Gasteiger partial charge < -0.3 is 15.4 Å². The molecule has 0 aliphatic carbocycles. The topological polar surface area (TPSA) is 59.1 Å². The van der Waals surface area contributed by atoms with Crippen LogP contribution in [0, 0.1) is 0 Å². The lowest BCUT2D eigenvalue weighted by atomic mass is 10.1. The van der Waals surface area contributed by atoms with Gasteiger partial charge in [-0.25, -0.2) is 9.97 Å². The third-order valence-electron chi connectivity index (χ3n) is 3.78. The van der Waals surface area contributed by atoms with Crippen molar-refractivity contribution in [1.82, 2.24) is 15.3 Å². The lowest BCUT2D eigenvalue weighted by Gasteiger charge is -2.23. The second-order valence-electron chi connectivity index (χ2n) is 5.26. The molecule has 3 rings (SSSR count). The molecule has 22 heavy (non-hydrogen) atoms. The van der Waals surface area contributed by atoms with Gasteiger partial charge >= 0.3 is 0 Å². The predicted molar refractivity (Wildman–Crippen MR) is 88.5 cm³/mol. The average molecular weight is 319 g/mol. The van der Waals surface area contributed by atoms with E-state index in [2.05, 4.69) is 20.6 Å². The molecule has 2 heterocycles. The Bertz CT molecular complexity index is 644. The fourth-order valence-electron chi connectivity index (χ4n) is 2.61. The minimum atomic E-state index is 0.396. The van der Waals surface area contributed by atoms with Crippen LogP contribution in [0.5, 0.6) is 5.75 Å². The second kappa shape index (κ2) is 6.94. The van der Waals surface area contributed by atoms with Crippen molar-refractivity contribution in [1.29, 1.82) is 0 Å². The summed E-state index contributed by atoms with van der Waals surface area (Å²) >= 11 is 6.28. The van der Waals surface area contributed by atoms with Crippen molar-refractivity contribution in [2.75, 3.05) is 25.5 Å². The minimum absolute atomic E-state index is 0.396. The van der Waals surface area contributed by atoms with Crippen LogP contribution in [0.3, 0.4) is 0 Å². The molecule has 1 fully saturated rings. The number of methoxy groups -OCH3 is 1. The third-order valence-corrected chi connectivity index (χ3v) is 4.06. The molecule has 2 N–H and O–H groups in total. The van der Waals surface area contributed by atoms with Crippen LogP contribution in [0.1, 0.15) is 12.8 Å². The zero-order valence-corrected chi connectivity index (χ0v) is 13.2. The Morgan fingerprint density at radius 1 is 1.27 bits per heavy atom. The van der Waals surface area contributed by atoms with Gasteiger partial charge in [-0.1, -0.05) is 23.7 Å². The number of hydrogen-bond acceptors (Lipinski definition) is 5. The first-order valence-electron chi connectivity index (χ1n) is 7.41. The standard InChI is InChI=1S/C16H19ClN4O/c1-22-14-5-3-2-4-12(14)15-13(17)10-19-16(21-15)20-11-6-8-18-9-7-11/h2-5,10-11,18H,6-9H2,1H3,(H,19,20,21). The summed E-state index contributed by atoms with van der Waals surface area (Å²) in [5.74, 6) is 1.35. The molecule has 1 aliphatic heterocycles. The van der Waals surface area contributed by atoms with Gasteiger partial charge in [0, 0.05) is 11.6 Å². The maximum Gasteiger partial charge on any atom is 0.223 e. The molecular formula is C16H19ClN4O. The number of piperidine rings is 1. The summed E-state index contributed by atoms with van der Waals surface area (Å²) in [5.41, 5.74) is 1.55. The van der Waals surface area contributed by atoms with Crippen LogP contribution >= 0.6 is 11.6 Å². The summed E-state index contributed by atoms with van der Waals surface area (Å²) in [6.45, 7) is 2.04. The van der Waals surface area contributed by atoms with E-state index < -0.39 is 0 Å². The molecule has 0 atom stereocenters. The van der Waals surface area contributed by atoms with Gasteiger partial charge in [-0.3, -0.25) is 0 Å². The highest BCUT2D eigenvalue weighted by atomic mass is 35.5. The molecule has 6 heteroatoms. The van der Waals surface area contributed by atoms with Crippen LogP contribution in [0.4, 0.5) is 5.95 Å². The van der Waals surface area contributed by atoms with Crippen LogP contribution in [-0.2, 0) is 0 Å². The molecule has 0 saturated carbocycles. The Balaban J connectivity index is 1.89. The minimum Gasteiger partial charge on any atom is -0.496 e. The Morgan fingerprint density at radius 2 is 2.05 bits per heavy atom. The molecule has 0 spiro atoms. The molecule has 0 amide bonds. The Labute approximate surface area is 135 Å². The van der Waals surface area contributed by atoms with Gasteiger partial charge in [0.1, 0.15) is 5.75 Å². The van der Waals surface area contributed by atoms with Crippen molar-refractivity contribution in [3.05, 3.63) is 35.5 Å². The largest absolute Gasteiger partial charge is 0.496 e. The lowest BCUT2D eigenvalue weighted by Crippen LogP contribution is -2.35. The van der Waals surface area contributed by atoms with Gasteiger partial charge in [-0.2, -0.15) is 0 Å². The quantitative estimate of drug-likeness (QED) is 0.907. The Morgan fingerprint density at radius 3 is 2.82 bits per heavy atom. The summed E-state index contributed by atoms with van der Waals surface area (Å²) < 4.78 is 5.40. The smallest absolute Gasteiger partial charge is 0.223 e. The first-order chi connectivity index (χ1) is 10.8. The first kappa shape index (κ1) is 15.1. The van der Waals surface area contributed by atoms with Crippen LogP contribution in [0.15, 0.2) is 30.5 Å². The van der Waals surface area contributed by atoms with E-state index in [1.165, 1.54) is 0 Å². The van der Waals surface area contributed by atoms with E-state index in [0.29, 0.717) is 22.7 Å². The number of benzene rings is 1. The second-order valence-corrected chi connectivity index (χ2v) is 5.67. The summed E-state index contributed by atoms with van der Waals surface area (Å²) in [6.07, 6.45) is 3.77. The normalized spacial score (nSPS) is 15.5. The SMILES string of the molecule is COc1ccccc1-c1nc(NC2CCNCC2)ncc1Cl. The molecule has 1 aromatic carbocycles. The number of aromatic nitrogens is 2. The van der Waals surface area contributed by atoms with Crippen molar-refractivity contribution in [3.63, 3.8) is 0 Å². The molecule has 1 aromatic heterocycles. The lowest BCUT2D eigenvalue weighted by molar-refractivity contribution is 0.416. The monoisotopic (exact) mass is 318 g/mol. The Kier molecular flexibility index (Phi) is 4.75. The molecule has 1 saturated heterocycles. The molecule has 2 aromatic rings. The highest BCUT2D eigenvalue weighted by molar-refractivity contribution is 6.33. The van der Waals surface area contributed by atoms with Crippen molar-refractivity contribution in [2.24, 2.45) is 0 Å². The van der Waals surface area contributed by atoms with Gasteiger partial charge in [0.05, 0.1) is 24.0 Å². The highest BCUT2D eigenvalue weighted by Gasteiger charge is 2.16. The van der Waals surface area contributed by atoms with E-state index in [-0.39, 0.29) is 0 Å². The van der Waals surface area contributed by atoms with E-state index in [9.17, 15) is 0 Å². The van der Waals surface area contributed by atoms with Crippen molar-refractivity contribution >= 4 is 17.5 Å². The van der Waals surface area contributed by atoms with Gasteiger partial charge in [-0.15, -0.1) is 0 Å². The molecule has 0 radical (unpaired) electrons. The molecule has 0 bridgehead atoms. The zero-order valence-electron chi connectivity index (χ0n) is 12.5. The molecule has 5 nitrogen and oxygen atoms in total. The molecular weight excluding hydrogens is 300 g/mol. The van der Waals surface area contributed by atoms with Crippen LogP contribution in [0.2, 0.25) is 5.02 Å². The van der Waals surface area contributed by atoms with Crippen LogP contribution < -0.4 is 15.4 Å². The molecule has 0 unspecified atom stereocenters. The highest BCUT2D eigenvalue weighted by Crippen LogP contribution is 2.33. The zero-order chi connectivity index (χ0) is 15.4. The number of anilines is 1. The fourth-order valence-corrected chi connectivity index (χ4v) is 2.81. The number of ether oxygens (including phenoxy) is 1. The summed E-state index contributed by atoms with van der Waals surface area (Å²) in [7, 11) is 1.64. The first-order valence-corrected chi connectivity index (χ1v) is 7.79. The number of para-hydroxylation sites is 1. The van der Waals surface area contributed by atoms with E-state index in [0.717, 1.165) is 37.2 Å². The van der Waals surface area contributed by atoms with E-state index in [1.54, 1.807) is 13.3 Å². The summed E-state index contributed by atoms with van der Waals surface area (Å²) in [4.78, 5) is 8.89. The average Bonchev–Trinajstić information content (AvgIpc) is 2.57. The van der Waals surface area contributed by atoms with Gasteiger partial charge in [0.2, 0.25) is 5.95 Å². The number of nitrogens with one attached hydrogen (secondary N) is 2. The number of rotatable bonds is 4. The molecule has 1 aliphatic rings.